The van der Waals surface area contributed by atoms with Crippen molar-refractivity contribution in [2.24, 2.45) is 4.99 Å². The highest BCUT2D eigenvalue weighted by atomic mass is 16.5. The minimum absolute atomic E-state index is 0.300. The van der Waals surface area contributed by atoms with Crippen LogP contribution >= 0.6 is 0 Å². The number of nitrogens with zero attached hydrogens (tertiary/aromatic N) is 1. The van der Waals surface area contributed by atoms with Crippen molar-refractivity contribution < 1.29 is 14.2 Å². The molecule has 6 heteroatoms. The predicted molar refractivity (Wildman–Crippen MR) is 105 cm³/mol. The molecule has 0 aromatic heterocycles. The van der Waals surface area contributed by atoms with Gasteiger partial charge in [-0.25, -0.2) is 0 Å². The zero-order valence-corrected chi connectivity index (χ0v) is 16.1. The highest BCUT2D eigenvalue weighted by Crippen LogP contribution is 2.13. The van der Waals surface area contributed by atoms with Crippen molar-refractivity contribution >= 4 is 5.96 Å². The molecule has 1 fully saturated rings. The van der Waals surface area contributed by atoms with E-state index in [4.69, 9.17) is 14.2 Å². The van der Waals surface area contributed by atoms with Gasteiger partial charge in [0, 0.05) is 33.4 Å². The second-order valence-electron chi connectivity index (χ2n) is 6.41. The molecule has 0 amide bonds. The van der Waals surface area contributed by atoms with Crippen LogP contribution < -0.4 is 15.4 Å². The lowest BCUT2D eigenvalue weighted by Gasteiger charge is -2.13. The van der Waals surface area contributed by atoms with E-state index in [-0.39, 0.29) is 0 Å². The van der Waals surface area contributed by atoms with Gasteiger partial charge in [0.25, 0.3) is 0 Å². The van der Waals surface area contributed by atoms with E-state index in [2.05, 4.69) is 34.7 Å². The summed E-state index contributed by atoms with van der Waals surface area (Å²) in [6.45, 7) is 6.71. The van der Waals surface area contributed by atoms with Crippen LogP contribution in [0.3, 0.4) is 0 Å². The quantitative estimate of drug-likeness (QED) is 0.360. The SMILES string of the molecule is CCCOc1cccc(CNC(=NC)NCCCOCC2CCCO2)c1. The summed E-state index contributed by atoms with van der Waals surface area (Å²) in [4.78, 5) is 4.26. The number of hydrogen-bond acceptors (Lipinski definition) is 4. The van der Waals surface area contributed by atoms with Gasteiger partial charge in [0.2, 0.25) is 0 Å². The van der Waals surface area contributed by atoms with E-state index in [0.717, 1.165) is 63.8 Å². The normalized spacial score (nSPS) is 17.3. The van der Waals surface area contributed by atoms with Crippen LogP contribution in [0.4, 0.5) is 0 Å². The second kappa shape index (κ2) is 12.5. The number of guanidine groups is 1. The topological polar surface area (TPSA) is 64.1 Å². The molecule has 0 aliphatic carbocycles. The van der Waals surface area contributed by atoms with Crippen molar-refractivity contribution in [1.29, 1.82) is 0 Å². The van der Waals surface area contributed by atoms with E-state index in [9.17, 15) is 0 Å². The van der Waals surface area contributed by atoms with Crippen LogP contribution in [-0.2, 0) is 16.0 Å². The van der Waals surface area contributed by atoms with Crippen LogP contribution in [0, 0.1) is 0 Å². The number of rotatable bonds is 11. The number of benzene rings is 1. The van der Waals surface area contributed by atoms with E-state index in [0.29, 0.717) is 19.3 Å². The maximum atomic E-state index is 5.67. The smallest absolute Gasteiger partial charge is 0.191 e. The van der Waals surface area contributed by atoms with Gasteiger partial charge < -0.3 is 24.8 Å². The Bertz CT molecular complexity index is 531. The summed E-state index contributed by atoms with van der Waals surface area (Å²) in [5.41, 5.74) is 1.17. The Balaban J connectivity index is 1.58. The van der Waals surface area contributed by atoms with Gasteiger partial charge in [0.15, 0.2) is 5.96 Å². The summed E-state index contributed by atoms with van der Waals surface area (Å²) in [5.74, 6) is 1.71. The number of hydrogen-bond donors (Lipinski definition) is 2. The monoisotopic (exact) mass is 363 g/mol. The molecular formula is C20H33N3O3. The Labute approximate surface area is 157 Å². The zero-order valence-electron chi connectivity index (χ0n) is 16.1. The van der Waals surface area contributed by atoms with Crippen molar-refractivity contribution in [2.45, 2.75) is 45.3 Å². The third kappa shape index (κ3) is 8.06. The lowest BCUT2D eigenvalue weighted by molar-refractivity contribution is 0.0168. The van der Waals surface area contributed by atoms with Crippen molar-refractivity contribution in [2.75, 3.05) is 40.0 Å². The Morgan fingerprint density at radius 1 is 1.31 bits per heavy atom. The molecule has 1 atom stereocenters. The average molecular weight is 364 g/mol. The van der Waals surface area contributed by atoms with Gasteiger partial charge >= 0.3 is 0 Å². The van der Waals surface area contributed by atoms with Crippen LogP contribution in [-0.4, -0.2) is 52.1 Å². The average Bonchev–Trinajstić information content (AvgIpc) is 3.19. The summed E-state index contributed by atoms with van der Waals surface area (Å²) < 4.78 is 16.9. The van der Waals surface area contributed by atoms with Gasteiger partial charge in [-0.05, 0) is 43.4 Å². The molecule has 0 spiro atoms. The molecule has 26 heavy (non-hydrogen) atoms. The summed E-state index contributed by atoms with van der Waals surface area (Å²) >= 11 is 0. The van der Waals surface area contributed by atoms with E-state index in [1.165, 1.54) is 5.56 Å². The Morgan fingerprint density at radius 2 is 2.23 bits per heavy atom. The van der Waals surface area contributed by atoms with Crippen molar-refractivity contribution in [3.05, 3.63) is 29.8 Å². The molecule has 1 saturated heterocycles. The largest absolute Gasteiger partial charge is 0.494 e. The van der Waals surface area contributed by atoms with Crippen LogP contribution in [0.25, 0.3) is 0 Å². The molecule has 1 aliphatic rings. The molecule has 0 saturated carbocycles. The van der Waals surface area contributed by atoms with Gasteiger partial charge in [-0.1, -0.05) is 19.1 Å². The Hall–Kier alpha value is -1.79. The first-order valence-corrected chi connectivity index (χ1v) is 9.67. The number of nitrogens with one attached hydrogen (secondary N) is 2. The van der Waals surface area contributed by atoms with Gasteiger partial charge in [-0.15, -0.1) is 0 Å². The van der Waals surface area contributed by atoms with Crippen molar-refractivity contribution in [3.8, 4) is 5.75 Å². The van der Waals surface area contributed by atoms with Crippen molar-refractivity contribution in [3.63, 3.8) is 0 Å². The molecule has 2 rings (SSSR count). The highest BCUT2D eigenvalue weighted by Gasteiger charge is 2.14. The standard InChI is InChI=1S/C20H33N3O3/c1-3-11-25-18-8-4-7-17(14-18)15-23-20(21-2)22-10-6-12-24-16-19-9-5-13-26-19/h4,7-8,14,19H,3,5-6,9-13,15-16H2,1-2H3,(H2,21,22,23). The molecule has 1 aromatic carbocycles. The van der Waals surface area contributed by atoms with Crippen LogP contribution in [0.5, 0.6) is 5.75 Å². The first-order valence-electron chi connectivity index (χ1n) is 9.67. The van der Waals surface area contributed by atoms with Crippen LogP contribution in [0.15, 0.2) is 29.3 Å². The van der Waals surface area contributed by atoms with Crippen molar-refractivity contribution in [1.82, 2.24) is 10.6 Å². The third-order valence-electron chi connectivity index (χ3n) is 4.14. The van der Waals surface area contributed by atoms with E-state index in [1.54, 1.807) is 7.05 Å². The van der Waals surface area contributed by atoms with Gasteiger partial charge in [-0.3, -0.25) is 4.99 Å². The first kappa shape index (κ1) is 20.5. The molecule has 1 heterocycles. The summed E-state index contributed by atoms with van der Waals surface area (Å²) in [6, 6.07) is 8.15. The van der Waals surface area contributed by atoms with E-state index < -0.39 is 0 Å². The zero-order chi connectivity index (χ0) is 18.5. The molecule has 0 bridgehead atoms. The molecule has 1 aromatic rings. The fourth-order valence-corrected chi connectivity index (χ4v) is 2.74. The minimum Gasteiger partial charge on any atom is -0.494 e. The lowest BCUT2D eigenvalue weighted by atomic mass is 10.2. The maximum absolute atomic E-state index is 5.67. The lowest BCUT2D eigenvalue weighted by Crippen LogP contribution is -2.37. The first-order chi connectivity index (χ1) is 12.8. The maximum Gasteiger partial charge on any atom is 0.191 e. The van der Waals surface area contributed by atoms with Gasteiger partial charge in [0.05, 0.1) is 19.3 Å². The third-order valence-corrected chi connectivity index (χ3v) is 4.14. The Kier molecular flexibility index (Phi) is 9.90. The molecule has 2 N–H and O–H groups in total. The molecule has 1 unspecified atom stereocenters. The van der Waals surface area contributed by atoms with E-state index >= 15 is 0 Å². The summed E-state index contributed by atoms with van der Waals surface area (Å²) in [7, 11) is 1.78. The molecule has 1 aliphatic heterocycles. The molecular weight excluding hydrogens is 330 g/mol. The second-order valence-corrected chi connectivity index (χ2v) is 6.41. The summed E-state index contributed by atoms with van der Waals surface area (Å²) in [6.07, 6.45) is 4.53. The van der Waals surface area contributed by atoms with Gasteiger partial charge in [-0.2, -0.15) is 0 Å². The molecule has 146 valence electrons. The van der Waals surface area contributed by atoms with Gasteiger partial charge in [0.1, 0.15) is 5.75 Å². The minimum atomic E-state index is 0.300. The number of aliphatic imine (C=N–C) groups is 1. The van der Waals surface area contributed by atoms with Crippen LogP contribution in [0.1, 0.15) is 38.2 Å². The van der Waals surface area contributed by atoms with E-state index in [1.807, 2.05) is 12.1 Å². The fraction of sp³-hybridized carbons (Fsp3) is 0.650. The fourth-order valence-electron chi connectivity index (χ4n) is 2.74. The predicted octanol–water partition coefficient (Wildman–Crippen LogP) is 2.73. The van der Waals surface area contributed by atoms with Crippen LogP contribution in [0.2, 0.25) is 0 Å². The number of ether oxygens (including phenoxy) is 3. The highest BCUT2D eigenvalue weighted by molar-refractivity contribution is 5.79. The Morgan fingerprint density at radius 3 is 3.00 bits per heavy atom. The molecule has 0 radical (unpaired) electrons. The molecule has 6 nitrogen and oxygen atoms in total. The summed E-state index contributed by atoms with van der Waals surface area (Å²) in [5, 5.41) is 6.64.